The van der Waals surface area contributed by atoms with Crippen molar-refractivity contribution in [2.75, 3.05) is 0 Å². The number of carbonyl (C=O) groups excluding carboxylic acids is 2. The quantitative estimate of drug-likeness (QED) is 0.620. The number of aromatic nitrogens is 1. The molecule has 3 heteroatoms. The Hall–Kier alpha value is -2.68. The monoisotopic (exact) mass is 247 g/mol. The number of fused-ring (bicyclic) bond motifs is 5. The number of carbonyl (C=O) groups is 2. The highest BCUT2D eigenvalue weighted by Crippen LogP contribution is 2.31. The Bertz CT molecular complexity index is 900. The predicted octanol–water partition coefficient (Wildman–Crippen LogP) is 3.10. The van der Waals surface area contributed by atoms with Gasteiger partial charge in [-0.3, -0.25) is 9.59 Å². The summed E-state index contributed by atoms with van der Waals surface area (Å²) < 4.78 is 0. The molecular weight excluding hydrogens is 238 g/mol. The predicted molar refractivity (Wildman–Crippen MR) is 74.2 cm³/mol. The second-order valence-electron chi connectivity index (χ2n) is 4.65. The molecule has 1 aromatic heterocycles. The number of para-hydroxylation sites is 1. The van der Waals surface area contributed by atoms with E-state index in [1.54, 1.807) is 6.08 Å². The highest BCUT2D eigenvalue weighted by Gasteiger charge is 2.24. The van der Waals surface area contributed by atoms with E-state index in [0.29, 0.717) is 5.56 Å². The molecule has 4 rings (SSSR count). The van der Waals surface area contributed by atoms with E-state index in [-0.39, 0.29) is 0 Å². The zero-order valence-corrected chi connectivity index (χ0v) is 9.94. The van der Waals surface area contributed by atoms with Crippen LogP contribution >= 0.6 is 0 Å². The van der Waals surface area contributed by atoms with Crippen LogP contribution < -0.4 is 0 Å². The van der Waals surface area contributed by atoms with Gasteiger partial charge in [0.15, 0.2) is 0 Å². The molecule has 0 radical (unpaired) electrons. The summed E-state index contributed by atoms with van der Waals surface area (Å²) in [5.74, 6) is -0.895. The van der Waals surface area contributed by atoms with Crippen molar-refractivity contribution in [1.29, 1.82) is 0 Å². The molecule has 1 aliphatic carbocycles. The standard InChI is InChI=1S/C16H9NO2/c18-13-8-6-9-5-7-11-10-3-1-2-4-12(10)17-15(11)14(9)16(13)19/h1-8,17H. The second kappa shape index (κ2) is 3.42. The molecule has 0 bridgehead atoms. The van der Waals surface area contributed by atoms with Gasteiger partial charge in [-0.2, -0.15) is 0 Å². The highest BCUT2D eigenvalue weighted by atomic mass is 16.2. The van der Waals surface area contributed by atoms with Gasteiger partial charge in [0.05, 0.1) is 11.1 Å². The number of benzene rings is 2. The van der Waals surface area contributed by atoms with Gasteiger partial charge < -0.3 is 4.98 Å². The summed E-state index contributed by atoms with van der Waals surface area (Å²) in [5, 5.41) is 2.04. The maximum atomic E-state index is 12.1. The largest absolute Gasteiger partial charge is 0.354 e. The average molecular weight is 247 g/mol. The molecule has 0 aliphatic heterocycles. The van der Waals surface area contributed by atoms with Gasteiger partial charge in [-0.15, -0.1) is 0 Å². The van der Waals surface area contributed by atoms with E-state index in [2.05, 4.69) is 4.98 Å². The van der Waals surface area contributed by atoms with E-state index in [1.165, 1.54) is 6.08 Å². The third-order valence-electron chi connectivity index (χ3n) is 3.58. The van der Waals surface area contributed by atoms with E-state index in [4.69, 9.17) is 0 Å². The SMILES string of the molecule is O=C1C=Cc2ccc3c([nH]c4ccccc43)c2C1=O. The number of rotatable bonds is 0. The van der Waals surface area contributed by atoms with Crippen LogP contribution in [0.1, 0.15) is 15.9 Å². The summed E-state index contributed by atoms with van der Waals surface area (Å²) >= 11 is 0. The van der Waals surface area contributed by atoms with Crippen molar-refractivity contribution >= 4 is 39.4 Å². The van der Waals surface area contributed by atoms with Gasteiger partial charge in [-0.1, -0.05) is 36.4 Å². The summed E-state index contributed by atoms with van der Waals surface area (Å²) in [4.78, 5) is 26.9. The van der Waals surface area contributed by atoms with Crippen molar-refractivity contribution in [2.45, 2.75) is 0 Å². The lowest BCUT2D eigenvalue weighted by Gasteiger charge is -2.09. The fourth-order valence-corrected chi connectivity index (χ4v) is 2.68. The lowest BCUT2D eigenvalue weighted by molar-refractivity contribution is -0.110. The zero-order chi connectivity index (χ0) is 13.0. The minimum absolute atomic E-state index is 0.436. The van der Waals surface area contributed by atoms with Crippen molar-refractivity contribution in [3.05, 3.63) is 53.6 Å². The van der Waals surface area contributed by atoms with Gasteiger partial charge in [0.25, 0.3) is 0 Å². The molecule has 0 atom stereocenters. The molecule has 1 heterocycles. The maximum absolute atomic E-state index is 12.1. The van der Waals surface area contributed by atoms with Crippen LogP contribution in [-0.2, 0) is 4.79 Å². The topological polar surface area (TPSA) is 49.9 Å². The summed E-state index contributed by atoms with van der Waals surface area (Å²) in [6.45, 7) is 0. The molecule has 0 spiro atoms. The summed E-state index contributed by atoms with van der Waals surface area (Å²) in [6.07, 6.45) is 3.03. The van der Waals surface area contributed by atoms with Gasteiger partial charge in [0.2, 0.25) is 11.6 Å². The van der Waals surface area contributed by atoms with E-state index < -0.39 is 11.6 Å². The Balaban J connectivity index is 2.22. The van der Waals surface area contributed by atoms with Crippen LogP contribution in [0.25, 0.3) is 27.9 Å². The van der Waals surface area contributed by atoms with Gasteiger partial charge >= 0.3 is 0 Å². The first-order valence-electron chi connectivity index (χ1n) is 6.06. The number of ketones is 2. The molecule has 1 N–H and O–H groups in total. The third kappa shape index (κ3) is 1.27. The molecule has 0 fully saturated rings. The molecule has 0 saturated carbocycles. The van der Waals surface area contributed by atoms with Crippen LogP contribution in [0.2, 0.25) is 0 Å². The number of H-pyrrole nitrogens is 1. The first-order valence-corrected chi connectivity index (χ1v) is 6.06. The maximum Gasteiger partial charge on any atom is 0.235 e. The molecular formula is C16H9NO2. The van der Waals surface area contributed by atoms with Gasteiger partial charge in [0.1, 0.15) is 0 Å². The molecule has 1 aliphatic rings. The minimum atomic E-state index is -0.460. The first kappa shape index (κ1) is 10.3. The number of hydrogen-bond donors (Lipinski definition) is 1. The fourth-order valence-electron chi connectivity index (χ4n) is 2.68. The average Bonchev–Trinajstić information content (AvgIpc) is 2.81. The highest BCUT2D eigenvalue weighted by molar-refractivity contribution is 6.51. The second-order valence-corrected chi connectivity index (χ2v) is 4.65. The molecule has 0 saturated heterocycles. The smallest absolute Gasteiger partial charge is 0.235 e. The summed E-state index contributed by atoms with van der Waals surface area (Å²) in [7, 11) is 0. The van der Waals surface area contributed by atoms with Gasteiger partial charge in [0, 0.05) is 16.3 Å². The molecule has 3 aromatic rings. The van der Waals surface area contributed by atoms with Crippen LogP contribution in [0.15, 0.2) is 42.5 Å². The number of allylic oxidation sites excluding steroid dienone is 1. The van der Waals surface area contributed by atoms with Crippen LogP contribution in [0.3, 0.4) is 0 Å². The third-order valence-corrected chi connectivity index (χ3v) is 3.58. The van der Waals surface area contributed by atoms with E-state index in [1.807, 2.05) is 36.4 Å². The number of Topliss-reactive ketones (excluding diaryl/α,β-unsaturated/α-hetero) is 1. The molecule has 90 valence electrons. The normalized spacial score (nSPS) is 14.3. The van der Waals surface area contributed by atoms with Crippen molar-refractivity contribution in [1.82, 2.24) is 4.98 Å². The molecule has 2 aromatic carbocycles. The summed E-state index contributed by atoms with van der Waals surface area (Å²) in [5.41, 5.74) is 3.01. The first-order chi connectivity index (χ1) is 9.25. The molecule has 0 amide bonds. The Morgan fingerprint density at radius 1 is 0.842 bits per heavy atom. The van der Waals surface area contributed by atoms with Gasteiger partial charge in [-0.25, -0.2) is 0 Å². The fraction of sp³-hybridized carbons (Fsp3) is 0. The molecule has 0 unspecified atom stereocenters. The van der Waals surface area contributed by atoms with Crippen molar-refractivity contribution < 1.29 is 9.59 Å². The lowest BCUT2D eigenvalue weighted by atomic mass is 9.93. The number of aromatic amines is 1. The van der Waals surface area contributed by atoms with Crippen LogP contribution in [-0.4, -0.2) is 16.6 Å². The van der Waals surface area contributed by atoms with Crippen molar-refractivity contribution in [2.24, 2.45) is 0 Å². The zero-order valence-electron chi connectivity index (χ0n) is 9.94. The Kier molecular flexibility index (Phi) is 1.85. The Labute approximate surface area is 108 Å². The van der Waals surface area contributed by atoms with Crippen LogP contribution in [0.5, 0.6) is 0 Å². The number of hydrogen-bond acceptors (Lipinski definition) is 2. The Morgan fingerprint density at radius 3 is 2.58 bits per heavy atom. The van der Waals surface area contributed by atoms with E-state index >= 15 is 0 Å². The summed E-state index contributed by atoms with van der Waals surface area (Å²) in [6, 6.07) is 11.7. The molecule has 3 nitrogen and oxygen atoms in total. The van der Waals surface area contributed by atoms with E-state index in [9.17, 15) is 9.59 Å². The number of nitrogens with one attached hydrogen (secondary N) is 1. The van der Waals surface area contributed by atoms with Crippen LogP contribution in [0, 0.1) is 0 Å². The Morgan fingerprint density at radius 2 is 1.68 bits per heavy atom. The van der Waals surface area contributed by atoms with Crippen molar-refractivity contribution in [3.8, 4) is 0 Å². The van der Waals surface area contributed by atoms with Crippen LogP contribution in [0.4, 0.5) is 0 Å². The van der Waals surface area contributed by atoms with E-state index in [0.717, 1.165) is 27.4 Å². The minimum Gasteiger partial charge on any atom is -0.354 e. The van der Waals surface area contributed by atoms with Crippen molar-refractivity contribution in [3.63, 3.8) is 0 Å². The van der Waals surface area contributed by atoms with Gasteiger partial charge in [-0.05, 0) is 17.7 Å². The lowest BCUT2D eigenvalue weighted by Crippen LogP contribution is -2.16. The molecule has 19 heavy (non-hydrogen) atoms.